The minimum atomic E-state index is -1.20. The highest BCUT2D eigenvalue weighted by Crippen LogP contribution is 2.44. The molecule has 2 aromatic heterocycles. The highest BCUT2D eigenvalue weighted by molar-refractivity contribution is 14.1. The number of piperidine rings is 1. The minimum Gasteiger partial charge on any atom is -0.444 e. The monoisotopic (exact) mass is 729 g/mol. The molecule has 0 aromatic carbocycles. The Bertz CT molecular complexity index is 1190. The number of ether oxygens (including phenoxy) is 3. The molecule has 0 unspecified atom stereocenters. The first-order valence-corrected chi connectivity index (χ1v) is 24.0. The van der Waals surface area contributed by atoms with Gasteiger partial charge in [0, 0.05) is 59.1 Å². The maximum absolute atomic E-state index is 13.1. The molecular weight excluding hydrogens is 677 g/mol. The van der Waals surface area contributed by atoms with Crippen LogP contribution in [-0.4, -0.2) is 86.1 Å². The van der Waals surface area contributed by atoms with Crippen molar-refractivity contribution in [3.63, 3.8) is 0 Å². The van der Waals surface area contributed by atoms with Crippen LogP contribution in [0, 0.1) is 3.57 Å². The quantitative estimate of drug-likeness (QED) is 0.0975. The Morgan fingerprint density at radius 3 is 2.05 bits per heavy atom. The highest BCUT2D eigenvalue weighted by atomic mass is 127. The molecule has 2 aliphatic heterocycles. The number of carbonyl (C=O) groups is 1. The van der Waals surface area contributed by atoms with Crippen LogP contribution in [-0.2, 0) is 14.2 Å². The number of nitrogens with zero attached hydrogens (tertiary/aromatic N) is 5. The lowest BCUT2D eigenvalue weighted by Crippen LogP contribution is -2.48. The van der Waals surface area contributed by atoms with Crippen LogP contribution in [0.4, 0.5) is 10.6 Å². The summed E-state index contributed by atoms with van der Waals surface area (Å²) in [6, 6.07) is 4.78. The molecule has 2 aliphatic rings. The molecule has 0 N–H and O–H groups in total. The summed E-state index contributed by atoms with van der Waals surface area (Å²) >= 11 is 2.33. The summed E-state index contributed by atoms with van der Waals surface area (Å²) in [6.07, 6.45) is 5.51. The summed E-state index contributed by atoms with van der Waals surface area (Å²) in [5.41, 5.74) is 1.43. The van der Waals surface area contributed by atoms with E-state index < -0.39 is 21.7 Å². The normalized spacial score (nSPS) is 21.3. The lowest BCUT2D eigenvalue weighted by molar-refractivity contribution is 0.00569. The van der Waals surface area contributed by atoms with Crippen LogP contribution in [0.1, 0.15) is 58.1 Å². The molecule has 2 bridgehead atoms. The molecule has 0 spiro atoms. The average molecular weight is 730 g/mol. The van der Waals surface area contributed by atoms with Crippen molar-refractivity contribution in [3.8, 4) is 0 Å². The van der Waals surface area contributed by atoms with E-state index in [0.29, 0.717) is 13.5 Å². The van der Waals surface area contributed by atoms with Gasteiger partial charge in [-0.15, -0.1) is 0 Å². The smallest absolute Gasteiger partial charge is 0.410 e. The first kappa shape index (κ1) is 33.7. The van der Waals surface area contributed by atoms with Crippen molar-refractivity contribution >= 4 is 56.3 Å². The van der Waals surface area contributed by atoms with E-state index in [9.17, 15) is 4.79 Å². The number of carbonyl (C=O) groups excluding carboxylic acids is 1. The van der Waals surface area contributed by atoms with Crippen LogP contribution in [0.15, 0.2) is 12.3 Å². The first-order valence-electron chi connectivity index (χ1n) is 15.5. The molecule has 4 heterocycles. The number of anilines is 1. The van der Waals surface area contributed by atoms with E-state index in [1.165, 1.54) is 0 Å². The number of hydrogen-bond donors (Lipinski definition) is 0. The Morgan fingerprint density at radius 2 is 1.55 bits per heavy atom. The van der Waals surface area contributed by atoms with Gasteiger partial charge in [0.1, 0.15) is 24.9 Å². The topological polar surface area (TPSA) is 81.4 Å². The van der Waals surface area contributed by atoms with Crippen molar-refractivity contribution in [3.05, 3.63) is 21.5 Å². The van der Waals surface area contributed by atoms with Crippen LogP contribution < -0.4 is 4.90 Å². The molecule has 42 heavy (non-hydrogen) atoms. The fourth-order valence-corrected chi connectivity index (χ4v) is 7.67. The van der Waals surface area contributed by atoms with Gasteiger partial charge in [-0.05, 0) is 81.1 Å². The van der Waals surface area contributed by atoms with Crippen LogP contribution in [0.2, 0.25) is 51.4 Å². The van der Waals surface area contributed by atoms with E-state index in [2.05, 4.69) is 72.8 Å². The van der Waals surface area contributed by atoms with Gasteiger partial charge in [0.2, 0.25) is 0 Å². The molecule has 2 fully saturated rings. The molecule has 2 aromatic rings. The summed E-state index contributed by atoms with van der Waals surface area (Å²) in [7, 11) is -2.41. The molecule has 236 valence electrons. The number of halogens is 1. The average Bonchev–Trinajstić information content (AvgIpc) is 3.36. The number of hydrogen-bond acceptors (Lipinski definition) is 7. The summed E-state index contributed by atoms with van der Waals surface area (Å²) < 4.78 is 21.2. The zero-order valence-electron chi connectivity index (χ0n) is 27.2. The third-order valence-electron chi connectivity index (χ3n) is 8.00. The Balaban J connectivity index is 1.58. The van der Waals surface area contributed by atoms with Crippen molar-refractivity contribution in [2.75, 3.05) is 31.6 Å². The second-order valence-electron chi connectivity index (χ2n) is 15.4. The Hall–Kier alpha value is -1.23. The Morgan fingerprint density at radius 1 is 1.00 bits per heavy atom. The summed E-state index contributed by atoms with van der Waals surface area (Å²) in [4.78, 5) is 22.4. The molecule has 0 radical (unpaired) electrons. The van der Waals surface area contributed by atoms with Crippen LogP contribution >= 0.6 is 22.6 Å². The molecule has 0 aliphatic carbocycles. The van der Waals surface area contributed by atoms with E-state index >= 15 is 0 Å². The fourth-order valence-electron chi connectivity index (χ4n) is 5.68. The third-order valence-corrected chi connectivity index (χ3v) is 12.2. The predicted octanol–water partition coefficient (Wildman–Crippen LogP) is 7.41. The second-order valence-corrected chi connectivity index (χ2v) is 27.8. The van der Waals surface area contributed by atoms with E-state index in [0.717, 1.165) is 71.7 Å². The predicted molar refractivity (Wildman–Crippen MR) is 183 cm³/mol. The van der Waals surface area contributed by atoms with Crippen LogP contribution in [0.5, 0.6) is 0 Å². The Labute approximate surface area is 268 Å². The van der Waals surface area contributed by atoms with Crippen molar-refractivity contribution in [1.29, 1.82) is 0 Å². The van der Waals surface area contributed by atoms with Gasteiger partial charge in [0.15, 0.2) is 5.65 Å². The zero-order valence-corrected chi connectivity index (χ0v) is 31.4. The molecule has 3 atom stereocenters. The Kier molecular flexibility index (Phi) is 10.7. The van der Waals surface area contributed by atoms with Gasteiger partial charge in [0.05, 0.1) is 9.77 Å². The van der Waals surface area contributed by atoms with E-state index in [1.54, 1.807) is 0 Å². The van der Waals surface area contributed by atoms with Gasteiger partial charge < -0.3 is 24.0 Å². The second kappa shape index (κ2) is 13.4. The fraction of sp³-hybridized carbons (Fsp3) is 0.767. The van der Waals surface area contributed by atoms with E-state index in [1.807, 2.05) is 36.4 Å². The SMILES string of the molecule is CC(C)(C)OC(=O)N1[C@@H]2CC[C@H]1C[C@H](c1cc(N(COCC[Si](C)(C)C)COCC[Si](C)(C)C)n3ncc(I)c3n1)C2. The summed E-state index contributed by atoms with van der Waals surface area (Å²) in [6.45, 7) is 22.4. The minimum absolute atomic E-state index is 0.181. The largest absolute Gasteiger partial charge is 0.444 e. The number of fused-ring (bicyclic) bond motifs is 3. The zero-order chi connectivity index (χ0) is 30.9. The van der Waals surface area contributed by atoms with Gasteiger partial charge in [-0.25, -0.2) is 9.78 Å². The van der Waals surface area contributed by atoms with Gasteiger partial charge >= 0.3 is 6.09 Å². The highest BCUT2D eigenvalue weighted by Gasteiger charge is 2.45. The maximum atomic E-state index is 13.1. The molecule has 12 heteroatoms. The molecular formula is C30H52IN5O4Si2. The summed E-state index contributed by atoms with van der Waals surface area (Å²) in [5.74, 6) is 1.21. The van der Waals surface area contributed by atoms with E-state index in [-0.39, 0.29) is 24.1 Å². The van der Waals surface area contributed by atoms with Crippen molar-refractivity contribution in [1.82, 2.24) is 19.5 Å². The van der Waals surface area contributed by atoms with Gasteiger partial charge in [-0.2, -0.15) is 9.61 Å². The lowest BCUT2D eigenvalue weighted by atomic mass is 9.88. The van der Waals surface area contributed by atoms with Crippen molar-refractivity contribution in [2.24, 2.45) is 0 Å². The van der Waals surface area contributed by atoms with E-state index in [4.69, 9.17) is 24.3 Å². The molecule has 2 saturated heterocycles. The van der Waals surface area contributed by atoms with Crippen molar-refractivity contribution in [2.45, 2.75) is 121 Å². The molecule has 1 amide bonds. The van der Waals surface area contributed by atoms with Gasteiger partial charge in [0.25, 0.3) is 0 Å². The molecule has 9 nitrogen and oxygen atoms in total. The van der Waals surface area contributed by atoms with Crippen molar-refractivity contribution < 1.29 is 19.0 Å². The van der Waals surface area contributed by atoms with Crippen LogP contribution in [0.25, 0.3) is 5.65 Å². The first-order chi connectivity index (χ1) is 19.5. The van der Waals surface area contributed by atoms with Gasteiger partial charge in [-0.1, -0.05) is 39.3 Å². The third kappa shape index (κ3) is 9.15. The maximum Gasteiger partial charge on any atom is 0.410 e. The number of rotatable bonds is 12. The molecule has 4 rings (SSSR count). The summed E-state index contributed by atoms with van der Waals surface area (Å²) in [5, 5.41) is 4.71. The lowest BCUT2D eigenvalue weighted by Gasteiger charge is -2.39. The van der Waals surface area contributed by atoms with Crippen LogP contribution in [0.3, 0.4) is 0 Å². The molecule has 0 saturated carbocycles. The number of aromatic nitrogens is 3. The van der Waals surface area contributed by atoms with Gasteiger partial charge in [-0.3, -0.25) is 0 Å². The standard InChI is InChI=1S/C30H52IN5O4Si2/c1-30(2,3)40-29(37)35-23-10-11-24(35)17-22(16-23)26-18-27(36-28(33-26)25(31)19-32-36)34(20-38-12-14-41(4,5)6)21-39-13-15-42(7,8)9/h18-19,22-24H,10-17,20-21H2,1-9H3/t22-,23-,24+. The number of amides is 1.